The van der Waals surface area contributed by atoms with Crippen LogP contribution in [0.5, 0.6) is 0 Å². The first-order chi connectivity index (χ1) is 9.81. The Labute approximate surface area is 119 Å². The molecule has 0 fully saturated rings. The highest BCUT2D eigenvalue weighted by Gasteiger charge is 2.09. The lowest BCUT2D eigenvalue weighted by Gasteiger charge is -2.07. The Kier molecular flexibility index (Phi) is 3.26. The van der Waals surface area contributed by atoms with E-state index in [1.54, 1.807) is 6.08 Å². The van der Waals surface area contributed by atoms with Gasteiger partial charge in [0.2, 0.25) is 0 Å². The molecule has 98 valence electrons. The molecule has 0 atom stereocenters. The van der Waals surface area contributed by atoms with Crippen LogP contribution in [0.2, 0.25) is 0 Å². The number of para-hydroxylation sites is 2. The highest BCUT2D eigenvalue weighted by molar-refractivity contribution is 6.08. The molecule has 3 rings (SSSR count). The van der Waals surface area contributed by atoms with Gasteiger partial charge in [-0.3, -0.25) is 0 Å². The third-order valence-electron chi connectivity index (χ3n) is 3.51. The Bertz CT molecular complexity index is 765. The summed E-state index contributed by atoms with van der Waals surface area (Å²) >= 11 is 0. The minimum absolute atomic E-state index is 0.790. The van der Waals surface area contributed by atoms with Gasteiger partial charge in [0.15, 0.2) is 0 Å². The van der Waals surface area contributed by atoms with Crippen molar-refractivity contribution in [3.05, 3.63) is 85.5 Å². The fourth-order valence-corrected chi connectivity index (χ4v) is 2.63. The molecular weight excluding hydrogens is 242 g/mol. The predicted molar refractivity (Wildman–Crippen MR) is 87.9 cm³/mol. The fourth-order valence-electron chi connectivity index (χ4n) is 2.63. The van der Waals surface area contributed by atoms with Gasteiger partial charge in [-0.25, -0.2) is 0 Å². The molecule has 0 N–H and O–H groups in total. The third kappa shape index (κ3) is 2.08. The molecule has 0 saturated carbocycles. The molecule has 20 heavy (non-hydrogen) atoms. The van der Waals surface area contributed by atoms with E-state index in [9.17, 15) is 0 Å². The minimum atomic E-state index is 0.790. The van der Waals surface area contributed by atoms with Gasteiger partial charge in [-0.15, -0.1) is 0 Å². The smallest absolute Gasteiger partial charge is 0.0494 e. The molecule has 0 aliphatic rings. The maximum Gasteiger partial charge on any atom is 0.0494 e. The zero-order chi connectivity index (χ0) is 13.9. The quantitative estimate of drug-likeness (QED) is 0.575. The highest BCUT2D eigenvalue weighted by Crippen LogP contribution is 2.29. The summed E-state index contributed by atoms with van der Waals surface area (Å²) in [5.41, 5.74) is 3.57. The van der Waals surface area contributed by atoms with E-state index in [0.29, 0.717) is 0 Å². The molecule has 0 radical (unpaired) electrons. The second kappa shape index (κ2) is 5.22. The minimum Gasteiger partial charge on any atom is -0.336 e. The van der Waals surface area contributed by atoms with Crippen LogP contribution in [0.4, 0.5) is 0 Å². The van der Waals surface area contributed by atoms with E-state index in [2.05, 4.69) is 66.3 Å². The van der Waals surface area contributed by atoms with Crippen molar-refractivity contribution in [3.63, 3.8) is 0 Å². The third-order valence-corrected chi connectivity index (χ3v) is 3.51. The maximum absolute atomic E-state index is 4.13. The molecular formula is C19H17N. The SMILES string of the molecule is C=C/C=C\C(=C)Cn1c2ccccc2c2ccccc21. The molecule has 0 bridgehead atoms. The van der Waals surface area contributed by atoms with Gasteiger partial charge in [0.25, 0.3) is 0 Å². The van der Waals surface area contributed by atoms with Crippen molar-refractivity contribution in [2.24, 2.45) is 0 Å². The zero-order valence-corrected chi connectivity index (χ0v) is 11.4. The average molecular weight is 259 g/mol. The van der Waals surface area contributed by atoms with Gasteiger partial charge in [-0.2, -0.15) is 0 Å². The van der Waals surface area contributed by atoms with E-state index in [0.717, 1.165) is 12.1 Å². The first-order valence-corrected chi connectivity index (χ1v) is 6.74. The molecule has 0 spiro atoms. The van der Waals surface area contributed by atoms with Gasteiger partial charge < -0.3 is 4.57 Å². The summed E-state index contributed by atoms with van der Waals surface area (Å²) in [5.74, 6) is 0. The maximum atomic E-state index is 4.13. The number of rotatable bonds is 4. The fraction of sp³-hybridized carbons (Fsp3) is 0.0526. The van der Waals surface area contributed by atoms with Crippen LogP contribution in [0, 0.1) is 0 Å². The van der Waals surface area contributed by atoms with Crippen LogP contribution in [0.3, 0.4) is 0 Å². The molecule has 3 aromatic rings. The average Bonchev–Trinajstić information content (AvgIpc) is 2.80. The van der Waals surface area contributed by atoms with Gasteiger partial charge in [-0.05, 0) is 17.7 Å². The lowest BCUT2D eigenvalue weighted by atomic mass is 10.2. The molecule has 2 aromatic carbocycles. The van der Waals surface area contributed by atoms with Crippen LogP contribution in [0.15, 0.2) is 85.5 Å². The summed E-state index contributed by atoms with van der Waals surface area (Å²) in [6.45, 7) is 8.61. The number of fused-ring (bicyclic) bond motifs is 3. The Morgan fingerprint density at radius 3 is 2.05 bits per heavy atom. The van der Waals surface area contributed by atoms with Gasteiger partial charge >= 0.3 is 0 Å². The van der Waals surface area contributed by atoms with E-state index in [1.807, 2.05) is 12.2 Å². The van der Waals surface area contributed by atoms with Gasteiger partial charge in [-0.1, -0.05) is 67.8 Å². The van der Waals surface area contributed by atoms with Crippen LogP contribution in [0.25, 0.3) is 21.8 Å². The largest absolute Gasteiger partial charge is 0.336 e. The van der Waals surface area contributed by atoms with Crippen LogP contribution >= 0.6 is 0 Å². The molecule has 1 aromatic heterocycles. The number of aromatic nitrogens is 1. The van der Waals surface area contributed by atoms with Gasteiger partial charge in [0.1, 0.15) is 0 Å². The van der Waals surface area contributed by atoms with E-state index in [4.69, 9.17) is 0 Å². The van der Waals surface area contributed by atoms with Crippen LogP contribution in [0.1, 0.15) is 0 Å². The summed E-state index contributed by atoms with van der Waals surface area (Å²) in [6, 6.07) is 17.0. The number of hydrogen-bond acceptors (Lipinski definition) is 0. The van der Waals surface area contributed by atoms with Crippen LogP contribution in [-0.4, -0.2) is 4.57 Å². The molecule has 0 aliphatic heterocycles. The molecule has 0 amide bonds. The van der Waals surface area contributed by atoms with Crippen LogP contribution < -0.4 is 0 Å². The Balaban J connectivity index is 2.19. The highest BCUT2D eigenvalue weighted by atomic mass is 15.0. The second-order valence-electron chi connectivity index (χ2n) is 4.87. The van der Waals surface area contributed by atoms with Gasteiger partial charge in [0.05, 0.1) is 0 Å². The number of hydrogen-bond donors (Lipinski definition) is 0. The standard InChI is InChI=1S/C19H17N/c1-3-4-9-15(2)14-20-18-12-7-5-10-16(18)17-11-6-8-13-19(17)20/h3-13H,1-2,14H2/b9-4-. The number of nitrogens with zero attached hydrogens (tertiary/aromatic N) is 1. The molecule has 0 saturated heterocycles. The van der Waals surface area contributed by atoms with Gasteiger partial charge in [0, 0.05) is 28.4 Å². The molecule has 0 unspecified atom stereocenters. The number of allylic oxidation sites excluding steroid dienone is 4. The first-order valence-electron chi connectivity index (χ1n) is 6.74. The summed E-state index contributed by atoms with van der Waals surface area (Å²) in [7, 11) is 0. The number of benzene rings is 2. The predicted octanol–water partition coefficient (Wildman–Crippen LogP) is 5.09. The van der Waals surface area contributed by atoms with E-state index >= 15 is 0 Å². The summed E-state index contributed by atoms with van der Waals surface area (Å²) in [6.07, 6.45) is 5.71. The van der Waals surface area contributed by atoms with Crippen molar-refractivity contribution in [1.82, 2.24) is 4.57 Å². The second-order valence-corrected chi connectivity index (χ2v) is 4.87. The summed E-state index contributed by atoms with van der Waals surface area (Å²) in [4.78, 5) is 0. The Morgan fingerprint density at radius 1 is 0.950 bits per heavy atom. The van der Waals surface area contributed by atoms with E-state index < -0.39 is 0 Å². The van der Waals surface area contributed by atoms with E-state index in [1.165, 1.54) is 21.8 Å². The van der Waals surface area contributed by atoms with Crippen molar-refractivity contribution < 1.29 is 0 Å². The van der Waals surface area contributed by atoms with Crippen molar-refractivity contribution in [3.8, 4) is 0 Å². The summed E-state index contributed by atoms with van der Waals surface area (Å²) in [5, 5.41) is 2.59. The Morgan fingerprint density at radius 2 is 1.50 bits per heavy atom. The Hall–Kier alpha value is -2.54. The molecule has 1 heteroatoms. The molecule has 1 nitrogen and oxygen atoms in total. The van der Waals surface area contributed by atoms with Crippen molar-refractivity contribution in [1.29, 1.82) is 0 Å². The zero-order valence-electron chi connectivity index (χ0n) is 11.4. The lowest BCUT2D eigenvalue weighted by molar-refractivity contribution is 0.871. The lowest BCUT2D eigenvalue weighted by Crippen LogP contribution is -1.98. The van der Waals surface area contributed by atoms with Crippen molar-refractivity contribution >= 4 is 21.8 Å². The normalized spacial score (nSPS) is 11.4. The van der Waals surface area contributed by atoms with Crippen molar-refractivity contribution in [2.75, 3.05) is 0 Å². The van der Waals surface area contributed by atoms with Crippen LogP contribution in [-0.2, 0) is 6.54 Å². The monoisotopic (exact) mass is 259 g/mol. The first kappa shape index (κ1) is 12.5. The summed E-state index contributed by atoms with van der Waals surface area (Å²) < 4.78 is 2.32. The topological polar surface area (TPSA) is 4.93 Å². The molecule has 1 heterocycles. The van der Waals surface area contributed by atoms with E-state index in [-0.39, 0.29) is 0 Å². The molecule has 0 aliphatic carbocycles. The van der Waals surface area contributed by atoms with Crippen molar-refractivity contribution in [2.45, 2.75) is 6.54 Å².